The summed E-state index contributed by atoms with van der Waals surface area (Å²) in [7, 11) is 0. The summed E-state index contributed by atoms with van der Waals surface area (Å²) in [6.07, 6.45) is 6.25. The first kappa shape index (κ1) is 11.1. The van der Waals surface area contributed by atoms with E-state index < -0.39 is 0 Å². The predicted molar refractivity (Wildman–Crippen MR) is 62.8 cm³/mol. The molecule has 0 saturated heterocycles. The Labute approximate surface area is 99.3 Å². The van der Waals surface area contributed by atoms with Gasteiger partial charge in [0.05, 0.1) is 5.88 Å². The molecule has 2 aromatic heterocycles. The van der Waals surface area contributed by atoms with Gasteiger partial charge in [0.2, 0.25) is 5.95 Å². The molecule has 0 radical (unpaired) electrons. The lowest BCUT2D eigenvalue weighted by atomic mass is 10.3. The number of imidazole rings is 1. The molecule has 2 aromatic rings. The summed E-state index contributed by atoms with van der Waals surface area (Å²) in [4.78, 5) is 13.0. The van der Waals surface area contributed by atoms with Crippen LogP contribution in [0.25, 0.3) is 5.95 Å². The molecule has 2 rings (SSSR count). The predicted octanol–water partition coefficient (Wildman–Crippen LogP) is 2.27. The maximum absolute atomic E-state index is 5.77. The number of hydrogen-bond donors (Lipinski definition) is 0. The zero-order valence-corrected chi connectivity index (χ0v) is 10.1. The Balaban J connectivity index is 2.45. The fraction of sp³-hybridized carbons (Fsp3) is 0.364. The minimum atomic E-state index is 0.441. The molecule has 0 spiro atoms. The monoisotopic (exact) mass is 236 g/mol. The zero-order chi connectivity index (χ0) is 11.5. The first-order valence-corrected chi connectivity index (χ1v) is 5.70. The molecule has 0 aliphatic heterocycles. The number of hydrogen-bond acceptors (Lipinski definition) is 3. The molecule has 16 heavy (non-hydrogen) atoms. The third-order valence-electron chi connectivity index (χ3n) is 2.46. The van der Waals surface area contributed by atoms with Crippen LogP contribution in [-0.2, 0) is 12.3 Å². The molecule has 4 nitrogen and oxygen atoms in total. The van der Waals surface area contributed by atoms with Crippen LogP contribution in [-0.4, -0.2) is 19.5 Å². The van der Waals surface area contributed by atoms with Crippen molar-refractivity contribution in [2.45, 2.75) is 26.1 Å². The summed E-state index contributed by atoms with van der Waals surface area (Å²) >= 11 is 5.77. The molecule has 0 aliphatic rings. The van der Waals surface area contributed by atoms with Crippen LogP contribution in [0.4, 0.5) is 0 Å². The van der Waals surface area contributed by atoms with Gasteiger partial charge in [-0.3, -0.25) is 4.57 Å². The lowest BCUT2D eigenvalue weighted by molar-refractivity contribution is 0.824. The molecule has 0 fully saturated rings. The van der Waals surface area contributed by atoms with Crippen molar-refractivity contribution in [3.05, 3.63) is 35.7 Å². The molecule has 0 bridgehead atoms. The number of halogens is 1. The van der Waals surface area contributed by atoms with E-state index in [4.69, 9.17) is 11.6 Å². The van der Waals surface area contributed by atoms with E-state index in [2.05, 4.69) is 21.9 Å². The molecular weight excluding hydrogens is 224 g/mol. The van der Waals surface area contributed by atoms with Gasteiger partial charge in [0.15, 0.2) is 0 Å². The van der Waals surface area contributed by atoms with E-state index in [0.29, 0.717) is 11.8 Å². The van der Waals surface area contributed by atoms with E-state index in [9.17, 15) is 0 Å². The Bertz CT molecular complexity index is 492. The molecular formula is C11H13ClN4. The fourth-order valence-electron chi connectivity index (χ4n) is 1.51. The second-order valence-electron chi connectivity index (χ2n) is 3.48. The number of nitrogens with zero attached hydrogens (tertiary/aromatic N) is 4. The Morgan fingerprint density at radius 3 is 2.81 bits per heavy atom. The zero-order valence-electron chi connectivity index (χ0n) is 9.31. The summed E-state index contributed by atoms with van der Waals surface area (Å²) in [6.45, 7) is 3.99. The highest BCUT2D eigenvalue weighted by Gasteiger charge is 2.07. The van der Waals surface area contributed by atoms with Gasteiger partial charge in [-0.15, -0.1) is 11.6 Å². The van der Waals surface area contributed by atoms with Crippen LogP contribution in [0, 0.1) is 6.92 Å². The highest BCUT2D eigenvalue weighted by atomic mass is 35.5. The normalized spacial score (nSPS) is 10.7. The summed E-state index contributed by atoms with van der Waals surface area (Å²) in [5.41, 5.74) is 1.87. The van der Waals surface area contributed by atoms with Crippen LogP contribution >= 0.6 is 11.6 Å². The molecule has 84 valence electrons. The van der Waals surface area contributed by atoms with Gasteiger partial charge in [-0.05, 0) is 6.92 Å². The van der Waals surface area contributed by atoms with Crippen LogP contribution in [0.3, 0.4) is 0 Å². The van der Waals surface area contributed by atoms with Gasteiger partial charge < -0.3 is 0 Å². The van der Waals surface area contributed by atoms with Crippen LogP contribution in [0.15, 0.2) is 18.6 Å². The summed E-state index contributed by atoms with van der Waals surface area (Å²) in [6, 6.07) is 0. The number of aromatic nitrogens is 4. The minimum absolute atomic E-state index is 0.441. The summed E-state index contributed by atoms with van der Waals surface area (Å²) < 4.78 is 1.89. The molecule has 5 heteroatoms. The van der Waals surface area contributed by atoms with Gasteiger partial charge >= 0.3 is 0 Å². The molecule has 0 atom stereocenters. The Hall–Kier alpha value is -1.42. The van der Waals surface area contributed by atoms with Gasteiger partial charge in [-0.1, -0.05) is 6.92 Å². The first-order valence-electron chi connectivity index (χ1n) is 5.17. The lowest BCUT2D eigenvalue weighted by Gasteiger charge is -2.06. The summed E-state index contributed by atoms with van der Waals surface area (Å²) in [5.74, 6) is 2.05. The van der Waals surface area contributed by atoms with E-state index in [1.54, 1.807) is 12.4 Å². The van der Waals surface area contributed by atoms with Gasteiger partial charge in [-0.2, -0.15) is 0 Å². The Morgan fingerprint density at radius 2 is 2.19 bits per heavy atom. The van der Waals surface area contributed by atoms with E-state index >= 15 is 0 Å². The molecule has 0 aromatic carbocycles. The van der Waals surface area contributed by atoms with Crippen molar-refractivity contribution in [2.75, 3.05) is 0 Å². The van der Waals surface area contributed by atoms with E-state index in [0.717, 1.165) is 23.5 Å². The lowest BCUT2D eigenvalue weighted by Crippen LogP contribution is -2.06. The fourth-order valence-corrected chi connectivity index (χ4v) is 1.77. The van der Waals surface area contributed by atoms with Gasteiger partial charge in [-0.25, -0.2) is 15.0 Å². The van der Waals surface area contributed by atoms with Gasteiger partial charge in [0, 0.05) is 36.3 Å². The van der Waals surface area contributed by atoms with Crippen molar-refractivity contribution in [2.24, 2.45) is 0 Å². The Kier molecular flexibility index (Phi) is 3.19. The highest BCUT2D eigenvalue weighted by molar-refractivity contribution is 6.17. The van der Waals surface area contributed by atoms with Crippen LogP contribution < -0.4 is 0 Å². The topological polar surface area (TPSA) is 43.6 Å². The third-order valence-corrected chi connectivity index (χ3v) is 2.75. The van der Waals surface area contributed by atoms with Crippen molar-refractivity contribution < 1.29 is 0 Å². The highest BCUT2D eigenvalue weighted by Crippen LogP contribution is 2.11. The average molecular weight is 237 g/mol. The van der Waals surface area contributed by atoms with Crippen LogP contribution in [0.5, 0.6) is 0 Å². The molecule has 0 saturated carbocycles. The van der Waals surface area contributed by atoms with Crippen molar-refractivity contribution in [3.8, 4) is 5.95 Å². The molecule has 2 heterocycles. The number of aryl methyl sites for hydroxylation is 2. The second kappa shape index (κ2) is 4.61. The van der Waals surface area contributed by atoms with Crippen molar-refractivity contribution in [1.29, 1.82) is 0 Å². The quantitative estimate of drug-likeness (QED) is 0.768. The van der Waals surface area contributed by atoms with Gasteiger partial charge in [0.25, 0.3) is 0 Å². The van der Waals surface area contributed by atoms with Crippen LogP contribution in [0.2, 0.25) is 0 Å². The molecule has 0 amide bonds. The standard InChI is InChI=1S/C11H13ClN4/c1-3-10-13-4-5-16(10)11-14-7-9(6-12)8(2)15-11/h4-5,7H,3,6H2,1-2H3. The molecule has 0 aliphatic carbocycles. The van der Waals surface area contributed by atoms with E-state index in [1.165, 1.54) is 0 Å². The minimum Gasteiger partial charge on any atom is -0.272 e. The number of alkyl halides is 1. The molecule has 0 unspecified atom stereocenters. The maximum Gasteiger partial charge on any atom is 0.235 e. The second-order valence-corrected chi connectivity index (χ2v) is 3.75. The van der Waals surface area contributed by atoms with E-state index in [1.807, 2.05) is 17.7 Å². The third kappa shape index (κ3) is 1.93. The molecule has 0 N–H and O–H groups in total. The Morgan fingerprint density at radius 1 is 1.38 bits per heavy atom. The van der Waals surface area contributed by atoms with Crippen molar-refractivity contribution in [3.63, 3.8) is 0 Å². The smallest absolute Gasteiger partial charge is 0.235 e. The van der Waals surface area contributed by atoms with Gasteiger partial charge in [0.1, 0.15) is 5.82 Å². The summed E-state index contributed by atoms with van der Waals surface area (Å²) in [5, 5.41) is 0. The number of rotatable bonds is 3. The van der Waals surface area contributed by atoms with E-state index in [-0.39, 0.29) is 0 Å². The maximum atomic E-state index is 5.77. The van der Waals surface area contributed by atoms with Crippen molar-refractivity contribution in [1.82, 2.24) is 19.5 Å². The van der Waals surface area contributed by atoms with Crippen LogP contribution in [0.1, 0.15) is 24.0 Å². The van der Waals surface area contributed by atoms with Crippen molar-refractivity contribution >= 4 is 11.6 Å². The largest absolute Gasteiger partial charge is 0.272 e. The average Bonchev–Trinajstić information content (AvgIpc) is 2.77. The first-order chi connectivity index (χ1) is 7.76. The SMILES string of the molecule is CCc1nccn1-c1ncc(CCl)c(C)n1.